The minimum atomic E-state index is -0.282. The van der Waals surface area contributed by atoms with E-state index >= 15 is 0 Å². The maximum atomic E-state index is 13.2. The van der Waals surface area contributed by atoms with E-state index in [-0.39, 0.29) is 17.8 Å². The molecule has 1 atom stereocenters. The molecule has 0 saturated carbocycles. The van der Waals surface area contributed by atoms with Gasteiger partial charge in [0, 0.05) is 5.56 Å². The first-order valence-corrected chi connectivity index (χ1v) is 11.0. The summed E-state index contributed by atoms with van der Waals surface area (Å²) in [6, 6.07) is 12.8. The average molecular weight is 409 g/mol. The van der Waals surface area contributed by atoms with Crippen molar-refractivity contribution in [2.24, 2.45) is 0 Å². The highest BCUT2D eigenvalue weighted by molar-refractivity contribution is 7.17. The minimum absolute atomic E-state index is 0.0227. The fraction of sp³-hybridized carbons (Fsp3) is 0.333. The molecule has 0 saturated heterocycles. The molecule has 0 radical (unpaired) electrons. The van der Waals surface area contributed by atoms with E-state index in [4.69, 9.17) is 0 Å². The number of hydrogen-bond acceptors (Lipinski definition) is 3. The van der Waals surface area contributed by atoms with Crippen LogP contribution in [0.5, 0.6) is 0 Å². The van der Waals surface area contributed by atoms with Gasteiger partial charge < -0.3 is 5.32 Å². The van der Waals surface area contributed by atoms with E-state index in [1.165, 1.54) is 53.0 Å². The van der Waals surface area contributed by atoms with Gasteiger partial charge in [0.25, 0.3) is 5.91 Å². The Labute approximate surface area is 175 Å². The van der Waals surface area contributed by atoms with Crippen molar-refractivity contribution < 1.29 is 9.18 Å². The number of carbonyl (C=O) groups is 1. The second-order valence-electron chi connectivity index (χ2n) is 7.61. The number of halogens is 1. The van der Waals surface area contributed by atoms with Crippen LogP contribution in [-0.4, -0.2) is 10.9 Å². The van der Waals surface area contributed by atoms with Crippen molar-refractivity contribution in [1.82, 2.24) is 10.3 Å². The molecular weight excluding hydrogens is 383 g/mol. The van der Waals surface area contributed by atoms with Crippen LogP contribution < -0.4 is 5.32 Å². The average Bonchev–Trinajstić information content (AvgIpc) is 3.13. The smallest absolute Gasteiger partial charge is 0.263 e. The number of nitrogens with one attached hydrogen (secondary N) is 1. The van der Waals surface area contributed by atoms with Crippen molar-refractivity contribution >= 4 is 17.2 Å². The van der Waals surface area contributed by atoms with Crippen LogP contribution in [0.2, 0.25) is 0 Å². The summed E-state index contributed by atoms with van der Waals surface area (Å²) in [4.78, 5) is 18.1. The van der Waals surface area contributed by atoms with Crippen LogP contribution in [0.25, 0.3) is 10.6 Å². The molecule has 3 aromatic rings. The SMILES string of the molecule is CCC(NC(=O)c1sc(-c2ccc(F)cc2)nc1C)c1ccc2c(c1)CCCC2. The third-order valence-electron chi connectivity index (χ3n) is 5.58. The van der Waals surface area contributed by atoms with Crippen LogP contribution in [0.15, 0.2) is 42.5 Å². The predicted octanol–water partition coefficient (Wildman–Crippen LogP) is 6.02. The molecule has 1 unspecified atom stereocenters. The molecule has 0 fully saturated rings. The summed E-state index contributed by atoms with van der Waals surface area (Å²) in [6.45, 7) is 3.94. The number of carbonyl (C=O) groups excluding carboxylic acids is 1. The van der Waals surface area contributed by atoms with Crippen molar-refractivity contribution in [3.63, 3.8) is 0 Å². The monoisotopic (exact) mass is 408 g/mol. The molecule has 1 N–H and O–H groups in total. The van der Waals surface area contributed by atoms with Gasteiger partial charge in [0.2, 0.25) is 0 Å². The van der Waals surface area contributed by atoms with Crippen LogP contribution in [-0.2, 0) is 12.8 Å². The quantitative estimate of drug-likeness (QED) is 0.561. The molecule has 29 heavy (non-hydrogen) atoms. The number of benzene rings is 2. The first kappa shape index (κ1) is 19.8. The Morgan fingerprint density at radius 2 is 1.86 bits per heavy atom. The third-order valence-corrected chi connectivity index (χ3v) is 6.79. The fourth-order valence-corrected chi connectivity index (χ4v) is 4.91. The Kier molecular flexibility index (Phi) is 5.76. The Balaban J connectivity index is 1.54. The van der Waals surface area contributed by atoms with Gasteiger partial charge in [0.05, 0.1) is 11.7 Å². The Bertz CT molecular complexity index is 1030. The molecule has 0 bridgehead atoms. The molecular formula is C24H25FN2OS. The van der Waals surface area contributed by atoms with Crippen molar-refractivity contribution in [1.29, 1.82) is 0 Å². The minimum Gasteiger partial charge on any atom is -0.344 e. The highest BCUT2D eigenvalue weighted by atomic mass is 32.1. The van der Waals surface area contributed by atoms with E-state index in [0.717, 1.165) is 29.8 Å². The number of nitrogens with zero attached hydrogens (tertiary/aromatic N) is 1. The zero-order valence-electron chi connectivity index (χ0n) is 16.8. The number of rotatable bonds is 5. The molecule has 1 aliphatic rings. The molecule has 3 nitrogen and oxygen atoms in total. The van der Waals surface area contributed by atoms with E-state index in [9.17, 15) is 9.18 Å². The van der Waals surface area contributed by atoms with E-state index < -0.39 is 0 Å². The van der Waals surface area contributed by atoms with Crippen molar-refractivity contribution in [2.75, 3.05) is 0 Å². The maximum Gasteiger partial charge on any atom is 0.263 e. The van der Waals surface area contributed by atoms with Gasteiger partial charge in [-0.2, -0.15) is 0 Å². The number of aromatic nitrogens is 1. The predicted molar refractivity (Wildman–Crippen MR) is 116 cm³/mol. The highest BCUT2D eigenvalue weighted by Gasteiger charge is 2.21. The first-order valence-electron chi connectivity index (χ1n) is 10.2. The van der Waals surface area contributed by atoms with Crippen LogP contribution in [0.4, 0.5) is 4.39 Å². The Hall–Kier alpha value is -2.53. The second-order valence-corrected chi connectivity index (χ2v) is 8.61. The topological polar surface area (TPSA) is 42.0 Å². The van der Waals surface area contributed by atoms with Crippen molar-refractivity contribution in [3.05, 3.63) is 75.5 Å². The van der Waals surface area contributed by atoms with Gasteiger partial charge in [-0.25, -0.2) is 9.37 Å². The molecule has 1 amide bonds. The lowest BCUT2D eigenvalue weighted by molar-refractivity contribution is 0.0939. The highest BCUT2D eigenvalue weighted by Crippen LogP contribution is 2.30. The van der Waals surface area contributed by atoms with Crippen LogP contribution in [0.3, 0.4) is 0 Å². The van der Waals surface area contributed by atoms with E-state index in [1.807, 2.05) is 6.92 Å². The van der Waals surface area contributed by atoms with Crippen LogP contribution in [0, 0.1) is 12.7 Å². The number of hydrogen-bond donors (Lipinski definition) is 1. The summed E-state index contributed by atoms with van der Waals surface area (Å²) < 4.78 is 13.2. The summed E-state index contributed by atoms with van der Waals surface area (Å²) in [5.74, 6) is -0.381. The largest absolute Gasteiger partial charge is 0.344 e. The van der Waals surface area contributed by atoms with Gasteiger partial charge in [0.1, 0.15) is 15.7 Å². The zero-order chi connectivity index (χ0) is 20.4. The van der Waals surface area contributed by atoms with Crippen molar-refractivity contribution in [3.8, 4) is 10.6 Å². The summed E-state index contributed by atoms with van der Waals surface area (Å²) >= 11 is 1.35. The lowest BCUT2D eigenvalue weighted by Crippen LogP contribution is -2.28. The van der Waals surface area contributed by atoms with Gasteiger partial charge >= 0.3 is 0 Å². The second kappa shape index (κ2) is 8.46. The van der Waals surface area contributed by atoms with Gasteiger partial charge in [-0.05, 0) is 80.0 Å². The summed E-state index contributed by atoms with van der Waals surface area (Å²) in [6.07, 6.45) is 5.62. The Morgan fingerprint density at radius 1 is 1.14 bits per heavy atom. The molecule has 5 heteroatoms. The Morgan fingerprint density at radius 3 is 2.59 bits per heavy atom. The molecule has 150 valence electrons. The molecule has 1 aliphatic carbocycles. The summed E-state index contributed by atoms with van der Waals surface area (Å²) in [7, 11) is 0. The lowest BCUT2D eigenvalue weighted by atomic mass is 9.89. The van der Waals surface area contributed by atoms with Gasteiger partial charge in [0.15, 0.2) is 0 Å². The summed E-state index contributed by atoms with van der Waals surface area (Å²) in [5.41, 5.74) is 5.56. The molecule has 4 rings (SSSR count). The fourth-order valence-electron chi connectivity index (χ4n) is 3.94. The normalized spacial score (nSPS) is 14.3. The number of amides is 1. The van der Waals surface area contributed by atoms with E-state index in [2.05, 4.69) is 35.4 Å². The standard InChI is InChI=1S/C24H25FN2OS/c1-3-21(19-9-8-16-6-4-5-7-18(16)14-19)27-23(28)22-15(2)26-24(29-22)17-10-12-20(25)13-11-17/h8-14,21H,3-7H2,1-2H3,(H,27,28). The van der Waals surface area contributed by atoms with Gasteiger partial charge in [-0.15, -0.1) is 11.3 Å². The molecule has 0 aliphatic heterocycles. The summed E-state index contributed by atoms with van der Waals surface area (Å²) in [5, 5.41) is 3.92. The van der Waals surface area contributed by atoms with Crippen LogP contribution >= 0.6 is 11.3 Å². The number of thiazole rings is 1. The third kappa shape index (κ3) is 4.25. The van der Waals surface area contributed by atoms with Gasteiger partial charge in [-0.3, -0.25) is 4.79 Å². The maximum absolute atomic E-state index is 13.2. The molecule has 0 spiro atoms. The first-order chi connectivity index (χ1) is 14.0. The lowest BCUT2D eigenvalue weighted by Gasteiger charge is -2.21. The van der Waals surface area contributed by atoms with Crippen molar-refractivity contribution in [2.45, 2.75) is 52.0 Å². The number of fused-ring (bicyclic) bond motifs is 1. The van der Waals surface area contributed by atoms with E-state index in [0.29, 0.717) is 10.6 Å². The molecule has 1 aromatic heterocycles. The number of aryl methyl sites for hydroxylation is 3. The zero-order valence-corrected chi connectivity index (χ0v) is 17.6. The molecule has 2 aromatic carbocycles. The molecule has 1 heterocycles. The van der Waals surface area contributed by atoms with E-state index in [1.54, 1.807) is 12.1 Å². The van der Waals surface area contributed by atoms with Crippen LogP contribution in [0.1, 0.15) is 64.3 Å². The van der Waals surface area contributed by atoms with Gasteiger partial charge in [-0.1, -0.05) is 25.1 Å².